The van der Waals surface area contributed by atoms with E-state index in [1.807, 2.05) is 18.6 Å². The number of rotatable bonds is 6. The van der Waals surface area contributed by atoms with Gasteiger partial charge in [-0.25, -0.2) is 9.97 Å². The van der Waals surface area contributed by atoms with E-state index in [-0.39, 0.29) is 0 Å². The van der Waals surface area contributed by atoms with E-state index < -0.39 is 0 Å². The van der Waals surface area contributed by atoms with Crippen molar-refractivity contribution in [2.24, 2.45) is 0 Å². The van der Waals surface area contributed by atoms with Crippen LogP contribution in [0, 0.1) is 0 Å². The standard InChI is InChI=1S/C22H16N2S.C21H14N2S2/c1-2-5-16(4-1)20-14-24-22-19(20)12-18(13-23-22)15-7-9-17(10-8-15)21-6-3-11-25-21;1-3-19(24-9-1)15-7-5-14(6-8-15)16-11-17-18(20-4-2-10-25-20)13-23-21(17)22-12-16/h1,3-14H,2H2,(H,23,24);1-13H,(H,22,23). The van der Waals surface area contributed by atoms with Crippen LogP contribution in [0.15, 0.2) is 156 Å². The lowest BCUT2D eigenvalue weighted by molar-refractivity contribution is 1.32. The van der Waals surface area contributed by atoms with Gasteiger partial charge in [0.15, 0.2) is 0 Å². The van der Waals surface area contributed by atoms with Gasteiger partial charge in [0.1, 0.15) is 11.3 Å². The van der Waals surface area contributed by atoms with Crippen LogP contribution >= 0.6 is 34.0 Å². The van der Waals surface area contributed by atoms with Crippen molar-refractivity contribution in [2.45, 2.75) is 6.42 Å². The van der Waals surface area contributed by atoms with Crippen molar-refractivity contribution in [1.82, 2.24) is 19.9 Å². The molecule has 0 aliphatic heterocycles. The lowest BCUT2D eigenvalue weighted by Gasteiger charge is -2.05. The average molecular weight is 699 g/mol. The Balaban J connectivity index is 0.000000135. The molecule has 0 unspecified atom stereocenters. The summed E-state index contributed by atoms with van der Waals surface area (Å²) in [6, 6.07) is 34.6. The number of fused-ring (bicyclic) bond motifs is 2. The zero-order chi connectivity index (χ0) is 33.3. The predicted octanol–water partition coefficient (Wildman–Crippen LogP) is 13.0. The van der Waals surface area contributed by atoms with Crippen molar-refractivity contribution < 1.29 is 0 Å². The topological polar surface area (TPSA) is 57.4 Å². The lowest BCUT2D eigenvalue weighted by Crippen LogP contribution is -1.84. The Morgan fingerprint density at radius 1 is 0.500 bits per heavy atom. The van der Waals surface area contributed by atoms with E-state index in [9.17, 15) is 0 Å². The van der Waals surface area contributed by atoms with E-state index >= 15 is 0 Å². The summed E-state index contributed by atoms with van der Waals surface area (Å²) in [5.74, 6) is 0. The second kappa shape index (κ2) is 13.4. The number of aromatic amines is 2. The number of hydrogen-bond acceptors (Lipinski definition) is 5. The summed E-state index contributed by atoms with van der Waals surface area (Å²) in [6.07, 6.45) is 15.6. The van der Waals surface area contributed by atoms with Gasteiger partial charge in [-0.15, -0.1) is 34.0 Å². The van der Waals surface area contributed by atoms with Crippen LogP contribution in [-0.2, 0) is 0 Å². The molecular formula is C43H30N4S3. The van der Waals surface area contributed by atoms with Crippen molar-refractivity contribution in [2.75, 3.05) is 0 Å². The van der Waals surface area contributed by atoms with Crippen LogP contribution in [0.5, 0.6) is 0 Å². The molecule has 1 aliphatic rings. The maximum absolute atomic E-state index is 4.62. The van der Waals surface area contributed by atoms with Crippen molar-refractivity contribution >= 4 is 61.7 Å². The van der Waals surface area contributed by atoms with E-state index in [0.29, 0.717) is 0 Å². The minimum Gasteiger partial charge on any atom is -0.346 e. The SMILES string of the molecule is C1=CC(c2c[nH]c3ncc(-c4ccc(-c5cccs5)cc4)cc23)=CC1.c1csc(-c2ccc(-c3cnc4[nH]cc(-c5cccs5)c4c3)cc2)c1. The highest BCUT2D eigenvalue weighted by Gasteiger charge is 2.12. The average Bonchev–Trinajstić information content (AvgIpc) is 4.02. The molecule has 0 amide bonds. The van der Waals surface area contributed by atoms with E-state index in [4.69, 9.17) is 0 Å². The largest absolute Gasteiger partial charge is 0.346 e. The van der Waals surface area contributed by atoms with Crippen LogP contribution in [0.1, 0.15) is 12.0 Å². The normalized spacial score (nSPS) is 12.4. The third-order valence-electron chi connectivity index (χ3n) is 8.98. The first kappa shape index (κ1) is 30.5. The van der Waals surface area contributed by atoms with Crippen molar-refractivity contribution in [3.05, 3.63) is 162 Å². The van der Waals surface area contributed by atoms with Crippen molar-refractivity contribution in [1.29, 1.82) is 0 Å². The highest BCUT2D eigenvalue weighted by molar-refractivity contribution is 7.14. The van der Waals surface area contributed by atoms with Gasteiger partial charge in [-0.05, 0) is 80.7 Å². The number of benzene rings is 2. The summed E-state index contributed by atoms with van der Waals surface area (Å²) < 4.78 is 0. The van der Waals surface area contributed by atoms with Crippen LogP contribution in [-0.4, -0.2) is 19.9 Å². The quantitative estimate of drug-likeness (QED) is 0.182. The zero-order valence-corrected chi connectivity index (χ0v) is 29.3. The summed E-state index contributed by atoms with van der Waals surface area (Å²) in [4.78, 5) is 19.7. The molecule has 1 aliphatic carbocycles. The molecule has 7 aromatic heterocycles. The van der Waals surface area contributed by atoms with Crippen molar-refractivity contribution in [3.8, 4) is 53.6 Å². The maximum Gasteiger partial charge on any atom is 0.137 e. The number of allylic oxidation sites excluding steroid dienone is 4. The van der Waals surface area contributed by atoms with Gasteiger partial charge in [0.25, 0.3) is 0 Å². The summed E-state index contributed by atoms with van der Waals surface area (Å²) in [5, 5.41) is 8.68. The van der Waals surface area contributed by atoms with Crippen LogP contribution in [0.4, 0.5) is 0 Å². The highest BCUT2D eigenvalue weighted by atomic mass is 32.1. The fourth-order valence-electron chi connectivity index (χ4n) is 6.39. The Hall–Kier alpha value is -5.60. The molecule has 7 heterocycles. The molecular weight excluding hydrogens is 669 g/mol. The number of thiophene rings is 3. The molecule has 0 bridgehead atoms. The molecule has 50 heavy (non-hydrogen) atoms. The minimum absolute atomic E-state index is 0.933. The Bertz CT molecular complexity index is 2580. The van der Waals surface area contributed by atoms with Gasteiger partial charge >= 0.3 is 0 Å². The van der Waals surface area contributed by atoms with Gasteiger partial charge in [0, 0.05) is 72.4 Å². The fourth-order valence-corrected chi connectivity index (χ4v) is 8.62. The van der Waals surface area contributed by atoms with Gasteiger partial charge in [-0.1, -0.05) is 85.0 Å². The van der Waals surface area contributed by atoms with Crippen LogP contribution in [0.25, 0.3) is 81.2 Å². The first-order valence-electron chi connectivity index (χ1n) is 16.4. The third-order valence-corrected chi connectivity index (χ3v) is 11.7. The second-order valence-corrected chi connectivity index (χ2v) is 14.9. The molecule has 0 saturated carbocycles. The Morgan fingerprint density at radius 2 is 0.980 bits per heavy atom. The summed E-state index contributed by atoms with van der Waals surface area (Å²) in [7, 11) is 0. The maximum atomic E-state index is 4.62. The Labute approximate surface area is 301 Å². The predicted molar refractivity (Wildman–Crippen MR) is 215 cm³/mol. The monoisotopic (exact) mass is 698 g/mol. The van der Waals surface area contributed by atoms with Crippen LogP contribution in [0.2, 0.25) is 0 Å². The van der Waals surface area contributed by atoms with Gasteiger partial charge in [-0.2, -0.15) is 0 Å². The number of H-pyrrole nitrogens is 2. The lowest BCUT2D eigenvalue weighted by atomic mass is 10.0. The van der Waals surface area contributed by atoms with E-state index in [0.717, 1.165) is 28.8 Å². The third kappa shape index (κ3) is 5.96. The number of nitrogens with zero attached hydrogens (tertiary/aromatic N) is 2. The number of hydrogen-bond donors (Lipinski definition) is 2. The molecule has 4 nitrogen and oxygen atoms in total. The molecule has 0 spiro atoms. The van der Waals surface area contributed by atoms with E-state index in [1.54, 1.807) is 34.0 Å². The molecule has 7 heteroatoms. The molecule has 2 aromatic carbocycles. The molecule has 10 rings (SSSR count). The van der Waals surface area contributed by atoms with Crippen molar-refractivity contribution in [3.63, 3.8) is 0 Å². The summed E-state index contributed by atoms with van der Waals surface area (Å²) in [5.41, 5.74) is 12.8. The fraction of sp³-hybridized carbons (Fsp3) is 0.0233. The minimum atomic E-state index is 0.933. The molecule has 0 atom stereocenters. The molecule has 240 valence electrons. The second-order valence-electron chi connectivity index (χ2n) is 12.0. The first-order valence-corrected chi connectivity index (χ1v) is 19.0. The van der Waals surface area contributed by atoms with Gasteiger partial charge in [0.2, 0.25) is 0 Å². The summed E-state index contributed by atoms with van der Waals surface area (Å²) >= 11 is 5.28. The van der Waals surface area contributed by atoms with Crippen LogP contribution < -0.4 is 0 Å². The Morgan fingerprint density at radius 3 is 1.46 bits per heavy atom. The van der Waals surface area contributed by atoms with Gasteiger partial charge < -0.3 is 9.97 Å². The highest BCUT2D eigenvalue weighted by Crippen LogP contribution is 2.35. The van der Waals surface area contributed by atoms with E-state index in [1.165, 1.54) is 64.4 Å². The number of aromatic nitrogens is 4. The Kier molecular flexibility index (Phi) is 8.14. The summed E-state index contributed by atoms with van der Waals surface area (Å²) in [6.45, 7) is 0. The number of pyridine rings is 2. The first-order chi connectivity index (χ1) is 24.8. The van der Waals surface area contributed by atoms with Gasteiger partial charge in [-0.3, -0.25) is 0 Å². The molecule has 9 aromatic rings. The molecule has 0 fully saturated rings. The molecule has 2 N–H and O–H groups in total. The number of nitrogens with one attached hydrogen (secondary N) is 2. The van der Waals surface area contributed by atoms with E-state index in [2.05, 4.69) is 158 Å². The molecule has 0 saturated heterocycles. The van der Waals surface area contributed by atoms with Gasteiger partial charge in [0.05, 0.1) is 0 Å². The molecule has 0 radical (unpaired) electrons. The smallest absolute Gasteiger partial charge is 0.137 e. The van der Waals surface area contributed by atoms with Crippen LogP contribution in [0.3, 0.4) is 0 Å². The zero-order valence-electron chi connectivity index (χ0n) is 26.8.